The minimum atomic E-state index is -0.537. The van der Waals surface area contributed by atoms with E-state index in [9.17, 15) is 19.2 Å². The van der Waals surface area contributed by atoms with E-state index in [0.29, 0.717) is 0 Å². The molecule has 1 spiro atoms. The predicted octanol–water partition coefficient (Wildman–Crippen LogP) is 5.06. The average Bonchev–Trinajstić information content (AvgIpc) is 3.73. The Morgan fingerprint density at radius 2 is 1.98 bits per heavy atom. The maximum Gasteiger partial charge on any atom is 0.257 e. The van der Waals surface area contributed by atoms with Crippen LogP contribution in [0.25, 0.3) is 6.08 Å². The molecule has 1 unspecified atom stereocenters. The van der Waals surface area contributed by atoms with E-state index in [1.165, 1.54) is 39.3 Å². The van der Waals surface area contributed by atoms with Crippen molar-refractivity contribution in [2.45, 2.75) is 39.0 Å². The Morgan fingerprint density at radius 3 is 2.77 bits per heavy atom. The summed E-state index contributed by atoms with van der Waals surface area (Å²) in [6.45, 7) is 6.85. The molecule has 2 aliphatic heterocycles. The summed E-state index contributed by atoms with van der Waals surface area (Å²) in [4.78, 5) is 32.0. The fourth-order valence-corrected chi connectivity index (χ4v) is 6.99. The Morgan fingerprint density at radius 1 is 1.16 bits per heavy atom. The summed E-state index contributed by atoms with van der Waals surface area (Å²) in [5.41, 5.74) is 6.89. The van der Waals surface area contributed by atoms with Gasteiger partial charge >= 0.3 is 0 Å². The van der Waals surface area contributed by atoms with E-state index in [4.69, 9.17) is 4.74 Å². The van der Waals surface area contributed by atoms with E-state index >= 15 is 0 Å². The van der Waals surface area contributed by atoms with E-state index < -0.39 is 5.82 Å². The van der Waals surface area contributed by atoms with Gasteiger partial charge < -0.3 is 19.4 Å². The summed E-state index contributed by atoms with van der Waals surface area (Å²) in [6, 6.07) is 10.5. The second kappa shape index (κ2) is 11.5. The third-order valence-electron chi connectivity index (χ3n) is 9.41. The summed E-state index contributed by atoms with van der Waals surface area (Å²) in [5.74, 6) is -0.682. The first kappa shape index (κ1) is 28.9. The van der Waals surface area contributed by atoms with Crippen molar-refractivity contribution in [1.82, 2.24) is 14.7 Å². The van der Waals surface area contributed by atoms with Crippen LogP contribution in [-0.2, 0) is 17.6 Å². The van der Waals surface area contributed by atoms with E-state index in [2.05, 4.69) is 34.9 Å². The normalized spacial score (nSPS) is 21.4. The number of nitriles is 1. The molecule has 222 valence electrons. The molecule has 2 aliphatic carbocycles. The zero-order valence-electron chi connectivity index (χ0n) is 25.1. The number of benzene rings is 2. The van der Waals surface area contributed by atoms with E-state index in [-0.39, 0.29) is 40.6 Å². The number of hydrogen-bond donors (Lipinski definition) is 0. The van der Waals surface area contributed by atoms with Crippen LogP contribution in [-0.4, -0.2) is 73.2 Å². The van der Waals surface area contributed by atoms with Crippen molar-refractivity contribution in [2.24, 2.45) is 5.41 Å². The number of ether oxygens (including phenoxy) is 1. The van der Waals surface area contributed by atoms with Crippen LogP contribution in [0.5, 0.6) is 5.75 Å². The summed E-state index contributed by atoms with van der Waals surface area (Å²) < 4.78 is 20.2. The fourth-order valence-electron chi connectivity index (χ4n) is 6.99. The van der Waals surface area contributed by atoms with Crippen LogP contribution < -0.4 is 4.74 Å². The fraction of sp³-hybridized carbons (Fsp3) is 0.400. The number of amides is 1. The molecule has 8 heteroatoms. The second-order valence-corrected chi connectivity index (χ2v) is 12.5. The highest BCUT2D eigenvalue weighted by molar-refractivity contribution is 5.99. The number of Topliss-reactive ketones (excluding diaryl/α,β-unsaturated/α-hetero) is 1. The number of fused-ring (bicyclic) bond motifs is 1. The lowest BCUT2D eigenvalue weighted by atomic mass is 9.86. The monoisotopic (exact) mass is 580 g/mol. The van der Waals surface area contributed by atoms with Crippen molar-refractivity contribution in [1.29, 1.82) is 5.26 Å². The summed E-state index contributed by atoms with van der Waals surface area (Å²) in [7, 11) is 3.20. The molecule has 2 aromatic carbocycles. The van der Waals surface area contributed by atoms with Gasteiger partial charge in [0.15, 0.2) is 5.76 Å². The summed E-state index contributed by atoms with van der Waals surface area (Å²) >= 11 is 0. The maximum absolute atomic E-state index is 14.1. The molecule has 1 amide bonds. The number of halogens is 1. The van der Waals surface area contributed by atoms with Crippen molar-refractivity contribution in [2.75, 3.05) is 46.8 Å². The van der Waals surface area contributed by atoms with Crippen LogP contribution in [0.3, 0.4) is 0 Å². The zero-order chi connectivity index (χ0) is 30.3. The minimum Gasteiger partial charge on any atom is -0.451 e. The molecule has 2 heterocycles. The molecule has 2 fully saturated rings. The van der Waals surface area contributed by atoms with Gasteiger partial charge in [-0.2, -0.15) is 5.26 Å². The van der Waals surface area contributed by atoms with Gasteiger partial charge in [-0.15, -0.1) is 0 Å². The third kappa shape index (κ3) is 5.62. The number of nitrogens with zero attached hydrogens (tertiary/aromatic N) is 4. The zero-order valence-corrected chi connectivity index (χ0v) is 25.1. The molecule has 0 aromatic heterocycles. The summed E-state index contributed by atoms with van der Waals surface area (Å²) in [6.07, 6.45) is 9.91. The van der Waals surface area contributed by atoms with E-state index in [1.807, 2.05) is 18.2 Å². The lowest BCUT2D eigenvalue weighted by Gasteiger charge is -2.28. The van der Waals surface area contributed by atoms with Gasteiger partial charge in [0.05, 0.1) is 17.3 Å². The van der Waals surface area contributed by atoms with Crippen LogP contribution in [0, 0.1) is 29.5 Å². The van der Waals surface area contributed by atoms with Gasteiger partial charge in [-0.05, 0) is 85.3 Å². The number of carbonyl (C=O) groups excluding carboxylic acids is 2. The van der Waals surface area contributed by atoms with Crippen LogP contribution in [0.1, 0.15) is 51.9 Å². The molecule has 2 aromatic rings. The van der Waals surface area contributed by atoms with Crippen LogP contribution in [0.15, 0.2) is 59.5 Å². The first-order valence-corrected chi connectivity index (χ1v) is 15.0. The number of likely N-dealkylation sites (tertiary alicyclic amines) is 2. The smallest absolute Gasteiger partial charge is 0.257 e. The molecule has 0 saturated carbocycles. The summed E-state index contributed by atoms with van der Waals surface area (Å²) in [5, 5.41) is 9.32. The largest absolute Gasteiger partial charge is 0.451 e. The minimum absolute atomic E-state index is 0.0867. The molecule has 1 atom stereocenters. The molecule has 0 bridgehead atoms. The van der Waals surface area contributed by atoms with E-state index in [1.54, 1.807) is 14.1 Å². The molecular formula is C35H37FN4O3. The molecule has 7 nitrogen and oxygen atoms in total. The second-order valence-electron chi connectivity index (χ2n) is 12.5. The van der Waals surface area contributed by atoms with Gasteiger partial charge in [-0.1, -0.05) is 18.2 Å². The SMILES string of the molecule is Cc1c(CCN2CCC3(CCN(C4=C(Oc5ccc(F)cc5C(=O)N(C)C)C(=O)CC=C4)C3)C2)ccc2c1C=C(C#N)C2. The Balaban J connectivity index is 1.15. The Hall–Kier alpha value is -4.22. The van der Waals surface area contributed by atoms with Crippen molar-refractivity contribution in [3.05, 3.63) is 93.1 Å². The number of allylic oxidation sites excluding steroid dienone is 4. The van der Waals surface area contributed by atoms with Gasteiger partial charge in [-0.25, -0.2) is 4.39 Å². The topological polar surface area (TPSA) is 76.9 Å². The maximum atomic E-state index is 14.1. The van der Waals surface area contributed by atoms with Crippen molar-refractivity contribution >= 4 is 17.8 Å². The molecule has 6 rings (SSSR count). The van der Waals surface area contributed by atoms with Crippen LogP contribution >= 0.6 is 0 Å². The number of hydrogen-bond acceptors (Lipinski definition) is 6. The first-order valence-electron chi connectivity index (χ1n) is 15.0. The highest BCUT2D eigenvalue weighted by Crippen LogP contribution is 2.42. The number of rotatable bonds is 7. The lowest BCUT2D eigenvalue weighted by Crippen LogP contribution is -2.33. The van der Waals surface area contributed by atoms with Crippen molar-refractivity contribution < 1.29 is 18.7 Å². The number of carbonyl (C=O) groups is 2. The Labute approximate surface area is 252 Å². The standard InChI is InChI=1S/C35H37FN4O3/c1-23-25(7-8-26-17-24(20-37)18-28(23)26)11-14-39-15-12-35(21-39)13-16-40(22-35)30-5-4-6-31(41)33(30)43-32-10-9-27(36)19-29(32)34(42)38(2)3/h4-5,7-10,18-19H,6,11-17,21-22H2,1-3H3. The molecular weight excluding hydrogens is 543 g/mol. The molecule has 43 heavy (non-hydrogen) atoms. The molecule has 0 N–H and O–H groups in total. The van der Waals surface area contributed by atoms with Gasteiger partial charge in [0.2, 0.25) is 5.78 Å². The van der Waals surface area contributed by atoms with Gasteiger partial charge in [0.25, 0.3) is 5.91 Å². The highest BCUT2D eigenvalue weighted by atomic mass is 19.1. The molecule has 4 aliphatic rings. The van der Waals surface area contributed by atoms with E-state index in [0.717, 1.165) is 75.7 Å². The van der Waals surface area contributed by atoms with Crippen LogP contribution in [0.4, 0.5) is 4.39 Å². The first-order chi connectivity index (χ1) is 20.7. The molecule has 0 radical (unpaired) electrons. The average molecular weight is 581 g/mol. The van der Waals surface area contributed by atoms with Crippen molar-refractivity contribution in [3.8, 4) is 11.8 Å². The van der Waals surface area contributed by atoms with Crippen molar-refractivity contribution in [3.63, 3.8) is 0 Å². The van der Waals surface area contributed by atoms with Gasteiger partial charge in [-0.3, -0.25) is 9.59 Å². The van der Waals surface area contributed by atoms with Gasteiger partial charge in [0, 0.05) is 64.1 Å². The highest BCUT2D eigenvalue weighted by Gasteiger charge is 2.44. The van der Waals surface area contributed by atoms with Gasteiger partial charge in [0.1, 0.15) is 11.6 Å². The Bertz CT molecular complexity index is 1630. The van der Waals surface area contributed by atoms with Crippen LogP contribution in [0.2, 0.25) is 0 Å². The quantitative estimate of drug-likeness (QED) is 0.456. The third-order valence-corrected chi connectivity index (χ3v) is 9.41. The Kier molecular flexibility index (Phi) is 7.70. The molecule has 2 saturated heterocycles. The lowest BCUT2D eigenvalue weighted by molar-refractivity contribution is -0.117. The number of ketones is 1. The predicted molar refractivity (Wildman–Crippen MR) is 163 cm³/mol.